The lowest BCUT2D eigenvalue weighted by Gasteiger charge is -2.32. The Bertz CT molecular complexity index is 668. The highest BCUT2D eigenvalue weighted by Crippen LogP contribution is 2.22. The number of fused-ring (bicyclic) bond motifs is 1. The lowest BCUT2D eigenvalue weighted by atomic mass is 10.1. The van der Waals surface area contributed by atoms with E-state index in [4.69, 9.17) is 0 Å². The first-order valence-corrected chi connectivity index (χ1v) is 7.38. The van der Waals surface area contributed by atoms with Crippen LogP contribution < -0.4 is 5.43 Å². The maximum absolute atomic E-state index is 12.4. The molecule has 0 atom stereocenters. The first kappa shape index (κ1) is 14.1. The summed E-state index contributed by atoms with van der Waals surface area (Å²) in [6.45, 7) is 7.83. The summed E-state index contributed by atoms with van der Waals surface area (Å²) < 4.78 is 0. The molecule has 1 aromatic carbocycles. The number of nitrogens with zero attached hydrogens (tertiary/aromatic N) is 2. The summed E-state index contributed by atoms with van der Waals surface area (Å²) in [5, 5.41) is 3.13. The molecule has 0 radical (unpaired) electrons. The average molecular weight is 286 g/mol. The van der Waals surface area contributed by atoms with Crippen LogP contribution >= 0.6 is 0 Å². The maximum Gasteiger partial charge on any atom is 0.265 e. The van der Waals surface area contributed by atoms with E-state index in [1.54, 1.807) is 0 Å². The number of aromatic nitrogens is 1. The van der Waals surface area contributed by atoms with E-state index < -0.39 is 0 Å². The Hall–Kier alpha value is -1.85. The molecule has 1 saturated heterocycles. The molecule has 1 aliphatic rings. The quantitative estimate of drug-likeness (QED) is 0.883. The first-order valence-electron chi connectivity index (χ1n) is 7.38. The van der Waals surface area contributed by atoms with Crippen molar-refractivity contribution in [3.8, 4) is 0 Å². The third kappa shape index (κ3) is 2.80. The highest BCUT2D eigenvalue weighted by molar-refractivity contribution is 5.98. The number of carbonyl (C=O) groups excluding carboxylic acids is 1. The summed E-state index contributed by atoms with van der Waals surface area (Å²) in [6, 6.07) is 5.83. The highest BCUT2D eigenvalue weighted by Gasteiger charge is 2.17. The minimum Gasteiger partial charge on any atom is -0.358 e. The van der Waals surface area contributed by atoms with Gasteiger partial charge in [-0.25, -0.2) is 5.01 Å². The fraction of sp³-hybridized carbons (Fsp3) is 0.438. The molecule has 0 saturated carbocycles. The van der Waals surface area contributed by atoms with Gasteiger partial charge in [-0.05, 0) is 44.7 Å². The van der Waals surface area contributed by atoms with E-state index in [2.05, 4.69) is 36.2 Å². The van der Waals surface area contributed by atoms with Gasteiger partial charge in [0.2, 0.25) is 0 Å². The van der Waals surface area contributed by atoms with Gasteiger partial charge in [-0.3, -0.25) is 10.2 Å². The molecule has 0 bridgehead atoms. The molecule has 1 fully saturated rings. The number of hydrogen-bond acceptors (Lipinski definition) is 3. The van der Waals surface area contributed by atoms with E-state index in [1.165, 1.54) is 5.56 Å². The van der Waals surface area contributed by atoms with Gasteiger partial charge in [-0.1, -0.05) is 0 Å². The van der Waals surface area contributed by atoms with E-state index >= 15 is 0 Å². The second-order valence-electron chi connectivity index (χ2n) is 5.87. The van der Waals surface area contributed by atoms with E-state index in [9.17, 15) is 4.79 Å². The van der Waals surface area contributed by atoms with Crippen LogP contribution in [0.4, 0.5) is 0 Å². The zero-order valence-corrected chi connectivity index (χ0v) is 12.9. The molecule has 2 aromatic rings. The molecule has 2 heterocycles. The van der Waals surface area contributed by atoms with Gasteiger partial charge in [0, 0.05) is 48.3 Å². The summed E-state index contributed by atoms with van der Waals surface area (Å²) in [5.74, 6) is -0.0280. The molecular formula is C16H22N4O. The smallest absolute Gasteiger partial charge is 0.265 e. The molecule has 5 heteroatoms. The Labute approximate surface area is 124 Å². The number of amides is 1. The van der Waals surface area contributed by atoms with Gasteiger partial charge in [-0.15, -0.1) is 0 Å². The molecular weight excluding hydrogens is 264 g/mol. The lowest BCUT2D eigenvalue weighted by molar-refractivity contribution is 0.0662. The number of hydrazine groups is 1. The summed E-state index contributed by atoms with van der Waals surface area (Å²) in [5.41, 5.74) is 7.16. The van der Waals surface area contributed by atoms with Gasteiger partial charge >= 0.3 is 0 Å². The van der Waals surface area contributed by atoms with Crippen LogP contribution in [0.1, 0.15) is 21.6 Å². The molecule has 0 unspecified atom stereocenters. The van der Waals surface area contributed by atoms with Crippen molar-refractivity contribution in [3.05, 3.63) is 35.0 Å². The monoisotopic (exact) mass is 286 g/mol. The molecule has 21 heavy (non-hydrogen) atoms. The normalized spacial score (nSPS) is 17.3. The number of H-pyrrole nitrogens is 1. The largest absolute Gasteiger partial charge is 0.358 e. The molecule has 112 valence electrons. The number of benzene rings is 1. The molecule has 1 aliphatic heterocycles. The minimum atomic E-state index is -0.0280. The van der Waals surface area contributed by atoms with Crippen LogP contribution in [-0.4, -0.2) is 54.0 Å². The number of aromatic amines is 1. The zero-order chi connectivity index (χ0) is 15.0. The molecule has 1 amide bonds. The predicted octanol–water partition coefficient (Wildman–Crippen LogP) is 1.68. The van der Waals surface area contributed by atoms with Crippen LogP contribution in [0.5, 0.6) is 0 Å². The molecule has 1 aromatic heterocycles. The number of likely N-dealkylation sites (N-methyl/N-ethyl adjacent to an activating group) is 1. The standard InChI is InChI=1S/C16H22N4O/c1-11-12(2)17-15-5-4-13(10-14(11)15)16(21)18-20-8-6-19(3)7-9-20/h4-5,10,17H,6-9H2,1-3H3,(H,18,21). The molecule has 2 N–H and O–H groups in total. The lowest BCUT2D eigenvalue weighted by Crippen LogP contribution is -2.52. The first-order chi connectivity index (χ1) is 10.0. The fourth-order valence-corrected chi connectivity index (χ4v) is 2.73. The number of piperazine rings is 1. The van der Waals surface area contributed by atoms with Crippen LogP contribution in [0.25, 0.3) is 10.9 Å². The second kappa shape index (κ2) is 5.50. The van der Waals surface area contributed by atoms with E-state index in [1.807, 2.05) is 23.2 Å². The summed E-state index contributed by atoms with van der Waals surface area (Å²) >= 11 is 0. The number of nitrogens with one attached hydrogen (secondary N) is 2. The van der Waals surface area contributed by atoms with Crippen LogP contribution in [0.2, 0.25) is 0 Å². The van der Waals surface area contributed by atoms with Gasteiger partial charge in [0.05, 0.1) is 0 Å². The van der Waals surface area contributed by atoms with Crippen molar-refractivity contribution >= 4 is 16.8 Å². The third-order valence-corrected chi connectivity index (χ3v) is 4.33. The topological polar surface area (TPSA) is 51.4 Å². The number of carbonyl (C=O) groups is 1. The zero-order valence-electron chi connectivity index (χ0n) is 12.9. The van der Waals surface area contributed by atoms with Crippen LogP contribution in [0.3, 0.4) is 0 Å². The van der Waals surface area contributed by atoms with Crippen molar-refractivity contribution in [1.82, 2.24) is 20.3 Å². The number of rotatable bonds is 2. The SMILES string of the molecule is Cc1[nH]c2ccc(C(=O)NN3CCN(C)CC3)cc2c1C. The molecule has 0 aliphatic carbocycles. The van der Waals surface area contributed by atoms with Gasteiger partial charge in [-0.2, -0.15) is 0 Å². The molecule has 5 nitrogen and oxygen atoms in total. The number of hydrogen-bond donors (Lipinski definition) is 2. The molecule has 0 spiro atoms. The van der Waals surface area contributed by atoms with Crippen molar-refractivity contribution in [2.75, 3.05) is 33.2 Å². The minimum absolute atomic E-state index is 0.0280. The highest BCUT2D eigenvalue weighted by atomic mass is 16.2. The van der Waals surface area contributed by atoms with Crippen molar-refractivity contribution < 1.29 is 4.79 Å². The average Bonchev–Trinajstić information content (AvgIpc) is 2.76. The summed E-state index contributed by atoms with van der Waals surface area (Å²) in [6.07, 6.45) is 0. The Kier molecular flexibility index (Phi) is 3.69. The van der Waals surface area contributed by atoms with Gasteiger partial charge in [0.1, 0.15) is 0 Å². The van der Waals surface area contributed by atoms with Crippen LogP contribution in [0.15, 0.2) is 18.2 Å². The van der Waals surface area contributed by atoms with Crippen molar-refractivity contribution in [2.45, 2.75) is 13.8 Å². The van der Waals surface area contributed by atoms with Gasteiger partial charge in [0.25, 0.3) is 5.91 Å². The second-order valence-corrected chi connectivity index (χ2v) is 5.87. The maximum atomic E-state index is 12.4. The van der Waals surface area contributed by atoms with Crippen molar-refractivity contribution in [1.29, 1.82) is 0 Å². The predicted molar refractivity (Wildman–Crippen MR) is 84.3 cm³/mol. The summed E-state index contributed by atoms with van der Waals surface area (Å²) in [4.78, 5) is 18.0. The van der Waals surface area contributed by atoms with E-state index in [0.717, 1.165) is 42.8 Å². The third-order valence-electron chi connectivity index (χ3n) is 4.33. The van der Waals surface area contributed by atoms with E-state index in [-0.39, 0.29) is 5.91 Å². The Morgan fingerprint density at radius 2 is 1.90 bits per heavy atom. The molecule has 3 rings (SSSR count). The van der Waals surface area contributed by atoms with Crippen LogP contribution in [0, 0.1) is 13.8 Å². The van der Waals surface area contributed by atoms with Crippen molar-refractivity contribution in [3.63, 3.8) is 0 Å². The van der Waals surface area contributed by atoms with Gasteiger partial charge < -0.3 is 9.88 Å². The fourth-order valence-electron chi connectivity index (χ4n) is 2.73. The Balaban J connectivity index is 1.76. The Morgan fingerprint density at radius 3 is 2.62 bits per heavy atom. The Morgan fingerprint density at radius 1 is 1.19 bits per heavy atom. The summed E-state index contributed by atoms with van der Waals surface area (Å²) in [7, 11) is 2.10. The van der Waals surface area contributed by atoms with E-state index in [0.29, 0.717) is 5.56 Å². The van der Waals surface area contributed by atoms with Crippen molar-refractivity contribution in [2.24, 2.45) is 0 Å². The van der Waals surface area contributed by atoms with Gasteiger partial charge in [0.15, 0.2) is 0 Å². The number of aryl methyl sites for hydroxylation is 2. The van der Waals surface area contributed by atoms with Crippen LogP contribution in [-0.2, 0) is 0 Å².